The molecule has 5 rings (SSSR count). The van der Waals surface area contributed by atoms with Gasteiger partial charge in [-0.05, 0) is 56.6 Å². The van der Waals surface area contributed by atoms with Crippen LogP contribution in [0.15, 0.2) is 66.7 Å². The number of nitrogens with zero attached hydrogens (tertiary/aromatic N) is 6. The molecule has 0 radical (unpaired) electrons. The number of ketones is 1. The van der Waals surface area contributed by atoms with E-state index in [1.165, 1.54) is 30.3 Å². The quantitative estimate of drug-likeness (QED) is 0.130. The number of imide groups is 1. The van der Waals surface area contributed by atoms with Crippen molar-refractivity contribution >= 4 is 34.9 Å². The van der Waals surface area contributed by atoms with Crippen molar-refractivity contribution in [1.82, 2.24) is 24.6 Å². The van der Waals surface area contributed by atoms with Gasteiger partial charge in [0.1, 0.15) is 5.82 Å². The Morgan fingerprint density at radius 3 is 2.17 bits per heavy atom. The van der Waals surface area contributed by atoms with Crippen molar-refractivity contribution in [3.63, 3.8) is 0 Å². The zero-order chi connectivity index (χ0) is 28.6. The Balaban J connectivity index is 1.64. The Hall–Kier alpha value is -4.74. The first-order valence-corrected chi connectivity index (χ1v) is 12.7. The van der Waals surface area contributed by atoms with E-state index < -0.39 is 22.5 Å². The molecule has 2 amide bonds. The van der Waals surface area contributed by atoms with Crippen molar-refractivity contribution in [2.24, 2.45) is 0 Å². The molecule has 0 atom stereocenters. The molecule has 0 aliphatic carbocycles. The Morgan fingerprint density at radius 1 is 0.950 bits per heavy atom. The summed E-state index contributed by atoms with van der Waals surface area (Å²) in [6, 6.07) is 16.7. The number of halogens is 1. The van der Waals surface area contributed by atoms with Crippen molar-refractivity contribution in [3.05, 3.63) is 116 Å². The van der Waals surface area contributed by atoms with Crippen molar-refractivity contribution in [1.29, 1.82) is 0 Å². The standard InChI is InChI=1S/C28H23ClN6O5/c1-32(2)14-13-24-30-31-25(16-33-27(37)20-5-3-4-6-21(20)28(33)38)34(24)23-12-11-19(35(39)40)15-22(23)26(36)17-7-9-18(29)10-8-17/h3-12,15H,13-14,16H2,1-2H3. The highest BCUT2D eigenvalue weighted by atomic mass is 35.5. The van der Waals surface area contributed by atoms with E-state index >= 15 is 0 Å². The Morgan fingerprint density at radius 2 is 1.57 bits per heavy atom. The third-order valence-electron chi connectivity index (χ3n) is 6.54. The van der Waals surface area contributed by atoms with E-state index in [1.54, 1.807) is 41.0 Å². The van der Waals surface area contributed by atoms with Gasteiger partial charge in [-0.15, -0.1) is 10.2 Å². The molecule has 0 spiro atoms. The van der Waals surface area contributed by atoms with Crippen LogP contribution in [0.3, 0.4) is 0 Å². The van der Waals surface area contributed by atoms with Crippen LogP contribution in [-0.2, 0) is 13.0 Å². The Kier molecular flexibility index (Phi) is 7.24. The van der Waals surface area contributed by atoms with E-state index in [0.717, 1.165) is 4.90 Å². The van der Waals surface area contributed by atoms with Crippen LogP contribution in [0.25, 0.3) is 5.69 Å². The van der Waals surface area contributed by atoms with E-state index in [0.29, 0.717) is 34.9 Å². The number of fused-ring (bicyclic) bond motifs is 1. The van der Waals surface area contributed by atoms with Crippen molar-refractivity contribution in [2.75, 3.05) is 20.6 Å². The minimum Gasteiger partial charge on any atom is -0.309 e. The second kappa shape index (κ2) is 10.8. The highest BCUT2D eigenvalue weighted by Crippen LogP contribution is 2.29. The number of carbonyl (C=O) groups excluding carboxylic acids is 3. The molecule has 0 bridgehead atoms. The van der Waals surface area contributed by atoms with Gasteiger partial charge < -0.3 is 4.90 Å². The maximum Gasteiger partial charge on any atom is 0.270 e. The van der Waals surface area contributed by atoms with Crippen molar-refractivity contribution in [2.45, 2.75) is 13.0 Å². The molecule has 0 saturated carbocycles. The number of non-ortho nitro benzene ring substituents is 1. The maximum atomic E-state index is 13.7. The van der Waals surface area contributed by atoms with Crippen LogP contribution in [0.1, 0.15) is 48.3 Å². The molecule has 3 aromatic carbocycles. The number of nitro benzene ring substituents is 1. The molecule has 2 heterocycles. The molecule has 4 aromatic rings. The van der Waals surface area contributed by atoms with Gasteiger partial charge in [0.25, 0.3) is 17.5 Å². The average Bonchev–Trinajstić information content (AvgIpc) is 3.45. The topological polar surface area (TPSA) is 132 Å². The van der Waals surface area contributed by atoms with Gasteiger partial charge in [-0.25, -0.2) is 0 Å². The van der Waals surface area contributed by atoms with Crippen molar-refractivity contribution in [3.8, 4) is 5.69 Å². The number of amides is 2. The summed E-state index contributed by atoms with van der Waals surface area (Å²) >= 11 is 6.00. The van der Waals surface area contributed by atoms with Gasteiger partial charge in [-0.2, -0.15) is 0 Å². The summed E-state index contributed by atoms with van der Waals surface area (Å²) in [4.78, 5) is 53.9. The zero-order valence-corrected chi connectivity index (χ0v) is 22.3. The molecule has 0 fully saturated rings. The van der Waals surface area contributed by atoms with Crippen LogP contribution in [0.4, 0.5) is 5.69 Å². The van der Waals surface area contributed by atoms with Crippen molar-refractivity contribution < 1.29 is 19.3 Å². The number of benzene rings is 3. The second-order valence-corrected chi connectivity index (χ2v) is 9.89. The number of nitro groups is 1. The fraction of sp³-hybridized carbons (Fsp3) is 0.179. The Labute approximate surface area is 233 Å². The molecule has 1 aromatic heterocycles. The summed E-state index contributed by atoms with van der Waals surface area (Å²) in [6.45, 7) is 0.367. The molecule has 202 valence electrons. The first-order chi connectivity index (χ1) is 19.2. The summed E-state index contributed by atoms with van der Waals surface area (Å²) in [5.41, 5.74) is 0.907. The third kappa shape index (κ3) is 4.99. The van der Waals surface area contributed by atoms with E-state index in [2.05, 4.69) is 10.2 Å². The molecule has 0 N–H and O–H groups in total. The lowest BCUT2D eigenvalue weighted by Crippen LogP contribution is -2.30. The highest BCUT2D eigenvalue weighted by Gasteiger charge is 2.36. The van der Waals surface area contributed by atoms with Crippen LogP contribution in [0.2, 0.25) is 5.02 Å². The number of carbonyl (C=O) groups is 3. The van der Waals surface area contributed by atoms with Gasteiger partial charge in [0.15, 0.2) is 11.6 Å². The molecule has 40 heavy (non-hydrogen) atoms. The van der Waals surface area contributed by atoms with Crippen LogP contribution in [0, 0.1) is 10.1 Å². The lowest BCUT2D eigenvalue weighted by atomic mass is 10.0. The van der Waals surface area contributed by atoms with E-state index in [4.69, 9.17) is 11.6 Å². The fourth-order valence-corrected chi connectivity index (χ4v) is 4.64. The average molecular weight is 559 g/mol. The summed E-state index contributed by atoms with van der Waals surface area (Å²) in [5.74, 6) is -0.729. The maximum absolute atomic E-state index is 13.7. The first kappa shape index (κ1) is 26.9. The summed E-state index contributed by atoms with van der Waals surface area (Å²) in [7, 11) is 3.78. The predicted molar refractivity (Wildman–Crippen MR) is 146 cm³/mol. The second-order valence-electron chi connectivity index (χ2n) is 9.46. The SMILES string of the molecule is CN(C)CCc1nnc(CN2C(=O)c3ccccc3C2=O)n1-c1ccc([N+](=O)[O-])cc1C(=O)c1ccc(Cl)cc1. The van der Waals surface area contributed by atoms with Gasteiger partial charge in [0, 0.05) is 35.7 Å². The van der Waals surface area contributed by atoms with Crippen LogP contribution in [-0.4, -0.2) is 67.7 Å². The van der Waals surface area contributed by atoms with Crippen LogP contribution < -0.4 is 0 Å². The summed E-state index contributed by atoms with van der Waals surface area (Å²) in [6.07, 6.45) is 0.410. The minimum absolute atomic E-state index is 0.0334. The van der Waals surface area contributed by atoms with Gasteiger partial charge in [0.05, 0.1) is 33.8 Å². The molecule has 0 unspecified atom stereocenters. The smallest absolute Gasteiger partial charge is 0.270 e. The molecule has 1 aliphatic rings. The fourth-order valence-electron chi connectivity index (χ4n) is 4.52. The summed E-state index contributed by atoms with van der Waals surface area (Å²) < 4.78 is 1.60. The number of aromatic nitrogens is 3. The minimum atomic E-state index is -0.582. The number of hydrogen-bond donors (Lipinski definition) is 0. The van der Waals surface area contributed by atoms with Crippen LogP contribution in [0.5, 0.6) is 0 Å². The van der Waals surface area contributed by atoms with Gasteiger partial charge >= 0.3 is 0 Å². The predicted octanol–water partition coefficient (Wildman–Crippen LogP) is 3.96. The summed E-state index contributed by atoms with van der Waals surface area (Å²) in [5, 5.41) is 20.7. The number of rotatable bonds is 9. The van der Waals surface area contributed by atoms with Gasteiger partial charge in [-0.1, -0.05) is 23.7 Å². The lowest BCUT2D eigenvalue weighted by molar-refractivity contribution is -0.384. The zero-order valence-electron chi connectivity index (χ0n) is 21.6. The monoisotopic (exact) mass is 558 g/mol. The molecule has 0 saturated heterocycles. The molecular formula is C28H23ClN6O5. The van der Waals surface area contributed by atoms with E-state index in [9.17, 15) is 24.5 Å². The molecular weight excluding hydrogens is 536 g/mol. The van der Waals surface area contributed by atoms with E-state index in [1.807, 2.05) is 19.0 Å². The molecule has 12 heteroatoms. The van der Waals surface area contributed by atoms with Gasteiger partial charge in [0.2, 0.25) is 0 Å². The molecule has 11 nitrogen and oxygen atoms in total. The normalized spacial score (nSPS) is 12.8. The highest BCUT2D eigenvalue weighted by molar-refractivity contribution is 6.30. The number of likely N-dealkylation sites (N-methyl/N-ethyl adjacent to an activating group) is 1. The Bertz CT molecular complexity index is 1630. The first-order valence-electron chi connectivity index (χ1n) is 12.3. The third-order valence-corrected chi connectivity index (χ3v) is 6.79. The van der Waals surface area contributed by atoms with Gasteiger partial charge in [-0.3, -0.25) is 34.0 Å². The van der Waals surface area contributed by atoms with Crippen LogP contribution >= 0.6 is 11.6 Å². The molecule has 1 aliphatic heterocycles. The largest absolute Gasteiger partial charge is 0.309 e. The van der Waals surface area contributed by atoms with E-state index in [-0.39, 0.29) is 34.9 Å². The number of hydrogen-bond acceptors (Lipinski definition) is 8. The lowest BCUT2D eigenvalue weighted by Gasteiger charge is -2.18.